The van der Waals surface area contributed by atoms with Gasteiger partial charge in [0.15, 0.2) is 5.82 Å². The van der Waals surface area contributed by atoms with Crippen LogP contribution in [0.25, 0.3) is 11.4 Å². The lowest BCUT2D eigenvalue weighted by Crippen LogP contribution is -2.04. The van der Waals surface area contributed by atoms with E-state index in [0.29, 0.717) is 11.4 Å². The van der Waals surface area contributed by atoms with Crippen molar-refractivity contribution in [2.45, 2.75) is 26.1 Å². The van der Waals surface area contributed by atoms with Crippen molar-refractivity contribution >= 4 is 0 Å². The third-order valence-electron chi connectivity index (χ3n) is 2.51. The van der Waals surface area contributed by atoms with E-state index in [1.54, 1.807) is 11.0 Å². The van der Waals surface area contributed by atoms with Crippen molar-refractivity contribution in [1.29, 1.82) is 0 Å². The van der Waals surface area contributed by atoms with Crippen LogP contribution in [0.3, 0.4) is 0 Å². The van der Waals surface area contributed by atoms with Gasteiger partial charge in [-0.3, -0.25) is 0 Å². The first kappa shape index (κ1) is 12.6. The summed E-state index contributed by atoms with van der Waals surface area (Å²) < 4.78 is 38.8. The summed E-state index contributed by atoms with van der Waals surface area (Å²) in [6.45, 7) is 3.90. The molecule has 0 bridgehead atoms. The van der Waals surface area contributed by atoms with E-state index in [1.807, 2.05) is 13.8 Å². The largest absolute Gasteiger partial charge is 0.416 e. The normalized spacial score (nSPS) is 12.1. The first-order chi connectivity index (χ1) is 8.38. The molecule has 0 aliphatic heterocycles. The van der Waals surface area contributed by atoms with Crippen molar-refractivity contribution in [3.63, 3.8) is 0 Å². The van der Waals surface area contributed by atoms with E-state index in [1.165, 1.54) is 12.1 Å². The molecular weight excluding hydrogens is 243 g/mol. The second kappa shape index (κ2) is 4.44. The molecule has 1 aromatic heterocycles. The van der Waals surface area contributed by atoms with Gasteiger partial charge in [-0.05, 0) is 26.0 Å². The van der Waals surface area contributed by atoms with Gasteiger partial charge in [-0.2, -0.15) is 18.3 Å². The van der Waals surface area contributed by atoms with Crippen LogP contribution in [0, 0.1) is 0 Å². The molecular formula is C12H12F3N3. The van der Waals surface area contributed by atoms with E-state index in [4.69, 9.17) is 0 Å². The highest BCUT2D eigenvalue weighted by Crippen LogP contribution is 2.30. The number of rotatable bonds is 2. The predicted molar refractivity (Wildman–Crippen MR) is 60.8 cm³/mol. The fourth-order valence-corrected chi connectivity index (χ4v) is 1.46. The van der Waals surface area contributed by atoms with Gasteiger partial charge in [-0.1, -0.05) is 12.1 Å². The molecule has 0 fully saturated rings. The maximum Gasteiger partial charge on any atom is 0.416 e. The number of halogens is 3. The minimum Gasteiger partial charge on any atom is -0.250 e. The Labute approximate surface area is 102 Å². The summed E-state index contributed by atoms with van der Waals surface area (Å²) in [5.74, 6) is 0.428. The molecule has 0 unspecified atom stereocenters. The summed E-state index contributed by atoms with van der Waals surface area (Å²) in [7, 11) is 0. The Hall–Kier alpha value is -1.85. The zero-order chi connectivity index (χ0) is 13.3. The summed E-state index contributed by atoms with van der Waals surface area (Å²) in [5.41, 5.74) is -0.100. The van der Waals surface area contributed by atoms with Crippen molar-refractivity contribution in [3.05, 3.63) is 36.2 Å². The molecule has 0 spiro atoms. The zero-order valence-electron chi connectivity index (χ0n) is 9.94. The Morgan fingerprint density at radius 2 is 1.72 bits per heavy atom. The molecule has 0 saturated carbocycles. The smallest absolute Gasteiger partial charge is 0.250 e. The van der Waals surface area contributed by atoms with Crippen molar-refractivity contribution in [2.75, 3.05) is 0 Å². The van der Waals surface area contributed by atoms with E-state index < -0.39 is 11.7 Å². The van der Waals surface area contributed by atoms with E-state index in [2.05, 4.69) is 10.1 Å². The van der Waals surface area contributed by atoms with Gasteiger partial charge in [0.1, 0.15) is 6.33 Å². The molecule has 1 aromatic carbocycles. The van der Waals surface area contributed by atoms with E-state index >= 15 is 0 Å². The van der Waals surface area contributed by atoms with Crippen molar-refractivity contribution < 1.29 is 13.2 Å². The average Bonchev–Trinajstić information content (AvgIpc) is 2.77. The van der Waals surface area contributed by atoms with Gasteiger partial charge in [-0.15, -0.1) is 0 Å². The number of alkyl halides is 3. The van der Waals surface area contributed by atoms with Crippen molar-refractivity contribution in [2.24, 2.45) is 0 Å². The standard InChI is InChI=1S/C12H12F3N3/c1-8(2)18-7-16-11(17-18)9-3-5-10(6-4-9)12(13,14)15/h3-8H,1-2H3. The molecule has 0 radical (unpaired) electrons. The summed E-state index contributed by atoms with van der Waals surface area (Å²) in [6, 6.07) is 4.99. The lowest BCUT2D eigenvalue weighted by molar-refractivity contribution is -0.137. The van der Waals surface area contributed by atoms with Gasteiger partial charge in [-0.25, -0.2) is 9.67 Å². The van der Waals surface area contributed by atoms with Crippen LogP contribution in [0.4, 0.5) is 13.2 Å². The lowest BCUT2D eigenvalue weighted by atomic mass is 10.1. The first-order valence-electron chi connectivity index (χ1n) is 5.46. The van der Waals surface area contributed by atoms with Crippen LogP contribution in [-0.4, -0.2) is 14.8 Å². The van der Waals surface area contributed by atoms with Crippen LogP contribution >= 0.6 is 0 Å². The zero-order valence-corrected chi connectivity index (χ0v) is 9.94. The summed E-state index contributed by atoms with van der Waals surface area (Å²) in [6.07, 6.45) is -2.75. The van der Waals surface area contributed by atoms with Crippen molar-refractivity contribution in [1.82, 2.24) is 14.8 Å². The average molecular weight is 255 g/mol. The first-order valence-corrected chi connectivity index (χ1v) is 5.46. The number of hydrogen-bond acceptors (Lipinski definition) is 2. The molecule has 18 heavy (non-hydrogen) atoms. The molecule has 0 N–H and O–H groups in total. The molecule has 0 aliphatic carbocycles. The minimum absolute atomic E-state index is 0.167. The monoisotopic (exact) mass is 255 g/mol. The molecule has 2 rings (SSSR count). The highest BCUT2D eigenvalue weighted by Gasteiger charge is 2.30. The summed E-state index contributed by atoms with van der Waals surface area (Å²) >= 11 is 0. The van der Waals surface area contributed by atoms with E-state index in [-0.39, 0.29) is 6.04 Å². The van der Waals surface area contributed by atoms with Crippen LogP contribution in [-0.2, 0) is 6.18 Å². The number of benzene rings is 1. The quantitative estimate of drug-likeness (QED) is 0.821. The van der Waals surface area contributed by atoms with Crippen LogP contribution in [0.1, 0.15) is 25.5 Å². The van der Waals surface area contributed by atoms with E-state index in [9.17, 15) is 13.2 Å². The molecule has 6 heteroatoms. The molecule has 2 aromatic rings. The third-order valence-corrected chi connectivity index (χ3v) is 2.51. The van der Waals surface area contributed by atoms with Gasteiger partial charge in [0.25, 0.3) is 0 Å². The molecule has 3 nitrogen and oxygen atoms in total. The molecule has 1 heterocycles. The Balaban J connectivity index is 2.29. The Bertz CT molecular complexity index is 526. The van der Waals surface area contributed by atoms with Gasteiger partial charge < -0.3 is 0 Å². The molecule has 0 atom stereocenters. The van der Waals surface area contributed by atoms with Crippen LogP contribution in [0.2, 0.25) is 0 Å². The highest BCUT2D eigenvalue weighted by atomic mass is 19.4. The van der Waals surface area contributed by atoms with Crippen LogP contribution in [0.15, 0.2) is 30.6 Å². The van der Waals surface area contributed by atoms with Crippen LogP contribution < -0.4 is 0 Å². The van der Waals surface area contributed by atoms with E-state index in [0.717, 1.165) is 12.1 Å². The maximum atomic E-state index is 12.4. The number of nitrogens with zero attached hydrogens (tertiary/aromatic N) is 3. The van der Waals surface area contributed by atoms with Crippen LogP contribution in [0.5, 0.6) is 0 Å². The van der Waals surface area contributed by atoms with Gasteiger partial charge in [0.05, 0.1) is 5.56 Å². The fourth-order valence-electron chi connectivity index (χ4n) is 1.46. The highest BCUT2D eigenvalue weighted by molar-refractivity contribution is 5.54. The topological polar surface area (TPSA) is 30.7 Å². The molecule has 0 aliphatic rings. The van der Waals surface area contributed by atoms with Gasteiger partial charge in [0.2, 0.25) is 0 Å². The summed E-state index contributed by atoms with van der Waals surface area (Å²) in [4.78, 5) is 4.07. The summed E-state index contributed by atoms with van der Waals surface area (Å²) in [5, 5.41) is 4.20. The molecule has 0 saturated heterocycles. The predicted octanol–water partition coefficient (Wildman–Crippen LogP) is 3.54. The molecule has 0 amide bonds. The van der Waals surface area contributed by atoms with Gasteiger partial charge >= 0.3 is 6.18 Å². The maximum absolute atomic E-state index is 12.4. The Kier molecular flexibility index (Phi) is 3.11. The minimum atomic E-state index is -4.32. The lowest BCUT2D eigenvalue weighted by Gasteiger charge is -2.06. The van der Waals surface area contributed by atoms with Gasteiger partial charge in [0, 0.05) is 11.6 Å². The Morgan fingerprint density at radius 3 is 2.17 bits per heavy atom. The second-order valence-corrected chi connectivity index (χ2v) is 4.22. The Morgan fingerprint density at radius 1 is 1.11 bits per heavy atom. The molecule has 96 valence electrons. The second-order valence-electron chi connectivity index (χ2n) is 4.22. The fraction of sp³-hybridized carbons (Fsp3) is 0.333. The van der Waals surface area contributed by atoms with Crippen molar-refractivity contribution in [3.8, 4) is 11.4 Å². The SMILES string of the molecule is CC(C)n1cnc(-c2ccc(C(F)(F)F)cc2)n1. The number of aromatic nitrogens is 3. The number of hydrogen-bond donors (Lipinski definition) is 0. The third kappa shape index (κ3) is 2.52.